The lowest BCUT2D eigenvalue weighted by atomic mass is 10.1. The molecule has 2 aromatic heterocycles. The van der Waals surface area contributed by atoms with Gasteiger partial charge in [-0.15, -0.1) is 0 Å². The Balaban J connectivity index is 2.28. The highest BCUT2D eigenvalue weighted by Crippen LogP contribution is 2.32. The van der Waals surface area contributed by atoms with Gasteiger partial charge in [-0.25, -0.2) is 0 Å². The Morgan fingerprint density at radius 2 is 2.00 bits per heavy atom. The number of benzene rings is 1. The first-order chi connectivity index (χ1) is 9.06. The van der Waals surface area contributed by atoms with Crippen LogP contribution in [-0.4, -0.2) is 9.97 Å². The minimum absolute atomic E-state index is 0.752. The Hall–Kier alpha value is -1.32. The summed E-state index contributed by atoms with van der Waals surface area (Å²) >= 11 is 9.50. The first kappa shape index (κ1) is 12.7. The third-order valence-corrected chi connectivity index (χ3v) is 3.97. The fraction of sp³-hybridized carbons (Fsp3) is 0.133. The monoisotopic (exact) mass is 334 g/mol. The molecule has 3 aromatic rings. The molecule has 0 aliphatic rings. The lowest BCUT2D eigenvalue weighted by molar-refractivity contribution is 1.22. The van der Waals surface area contributed by atoms with Gasteiger partial charge < -0.3 is 4.98 Å². The molecule has 0 fully saturated rings. The quantitative estimate of drug-likeness (QED) is 0.645. The third-order valence-electron chi connectivity index (χ3n) is 3.30. The number of hydrogen-bond donors (Lipinski definition) is 1. The van der Waals surface area contributed by atoms with Crippen LogP contribution in [-0.2, 0) is 0 Å². The van der Waals surface area contributed by atoms with Crippen molar-refractivity contribution in [1.29, 1.82) is 0 Å². The summed E-state index contributed by atoms with van der Waals surface area (Å²) in [5, 5.41) is 1.90. The van der Waals surface area contributed by atoms with E-state index in [1.807, 2.05) is 24.4 Å². The number of fused-ring (bicyclic) bond motifs is 1. The lowest BCUT2D eigenvalue weighted by Gasteiger charge is -2.04. The number of nitrogens with one attached hydrogen (secondary N) is 1. The number of nitrogens with zero attached hydrogens (tertiary/aromatic N) is 1. The van der Waals surface area contributed by atoms with Gasteiger partial charge in [0.25, 0.3) is 0 Å². The van der Waals surface area contributed by atoms with Gasteiger partial charge in [0.1, 0.15) is 0 Å². The van der Waals surface area contributed by atoms with Gasteiger partial charge >= 0.3 is 0 Å². The van der Waals surface area contributed by atoms with E-state index in [0.717, 1.165) is 37.3 Å². The van der Waals surface area contributed by atoms with E-state index >= 15 is 0 Å². The molecule has 0 bridgehead atoms. The molecule has 2 nitrogen and oxygen atoms in total. The second-order valence-electron chi connectivity index (χ2n) is 4.63. The molecule has 0 amide bonds. The highest BCUT2D eigenvalue weighted by atomic mass is 79.9. The minimum Gasteiger partial charge on any atom is -0.353 e. The Morgan fingerprint density at radius 3 is 2.74 bits per heavy atom. The molecule has 1 N–H and O–H groups in total. The number of rotatable bonds is 1. The maximum absolute atomic E-state index is 6.06. The average molecular weight is 336 g/mol. The standard InChI is InChI=1S/C15H12BrClN2/c1-8-5-10(16)7-18-14(8)15-9(2)12-6-11(17)3-4-13(12)19-15/h3-7,19H,1-2H3. The molecule has 3 rings (SSSR count). The first-order valence-electron chi connectivity index (χ1n) is 5.96. The summed E-state index contributed by atoms with van der Waals surface area (Å²) in [4.78, 5) is 7.95. The summed E-state index contributed by atoms with van der Waals surface area (Å²) in [6, 6.07) is 7.95. The predicted molar refractivity (Wildman–Crippen MR) is 83.7 cm³/mol. The van der Waals surface area contributed by atoms with Crippen LogP contribution in [0.25, 0.3) is 22.3 Å². The summed E-state index contributed by atoms with van der Waals surface area (Å²) < 4.78 is 0.991. The number of H-pyrrole nitrogens is 1. The fourth-order valence-corrected chi connectivity index (χ4v) is 2.96. The van der Waals surface area contributed by atoms with Crippen molar-refractivity contribution < 1.29 is 0 Å². The van der Waals surface area contributed by atoms with Crippen molar-refractivity contribution in [2.75, 3.05) is 0 Å². The Morgan fingerprint density at radius 1 is 1.21 bits per heavy atom. The zero-order valence-corrected chi connectivity index (χ0v) is 12.9. The Bertz CT molecular complexity index is 777. The summed E-state index contributed by atoms with van der Waals surface area (Å²) in [6.07, 6.45) is 1.82. The van der Waals surface area contributed by atoms with Gasteiger partial charge in [0.05, 0.1) is 11.4 Å². The van der Waals surface area contributed by atoms with E-state index in [1.54, 1.807) is 0 Å². The molecule has 96 valence electrons. The van der Waals surface area contributed by atoms with E-state index in [9.17, 15) is 0 Å². The van der Waals surface area contributed by atoms with Gasteiger partial charge in [-0.1, -0.05) is 11.6 Å². The summed E-state index contributed by atoms with van der Waals surface area (Å²) in [5.74, 6) is 0. The van der Waals surface area contributed by atoms with E-state index in [2.05, 4.69) is 45.8 Å². The van der Waals surface area contributed by atoms with Crippen LogP contribution < -0.4 is 0 Å². The van der Waals surface area contributed by atoms with E-state index in [-0.39, 0.29) is 0 Å². The van der Waals surface area contributed by atoms with Crippen LogP contribution in [0.2, 0.25) is 5.02 Å². The van der Waals surface area contributed by atoms with E-state index in [0.29, 0.717) is 0 Å². The van der Waals surface area contributed by atoms with Crippen molar-refractivity contribution in [3.8, 4) is 11.4 Å². The molecule has 0 spiro atoms. The van der Waals surface area contributed by atoms with Crippen molar-refractivity contribution >= 4 is 38.4 Å². The molecule has 4 heteroatoms. The molecule has 0 atom stereocenters. The van der Waals surface area contributed by atoms with Crippen molar-refractivity contribution in [2.24, 2.45) is 0 Å². The number of aromatic nitrogens is 2. The van der Waals surface area contributed by atoms with Crippen molar-refractivity contribution in [3.63, 3.8) is 0 Å². The van der Waals surface area contributed by atoms with Crippen LogP contribution in [0.4, 0.5) is 0 Å². The molecular formula is C15H12BrClN2. The van der Waals surface area contributed by atoms with Crippen molar-refractivity contribution in [1.82, 2.24) is 9.97 Å². The molecule has 0 unspecified atom stereocenters. The van der Waals surface area contributed by atoms with E-state index in [4.69, 9.17) is 11.6 Å². The molecule has 0 radical (unpaired) electrons. The maximum atomic E-state index is 6.06. The normalized spacial score (nSPS) is 11.2. The second kappa shape index (κ2) is 4.66. The smallest absolute Gasteiger partial charge is 0.0897 e. The van der Waals surface area contributed by atoms with Crippen LogP contribution in [0.1, 0.15) is 11.1 Å². The van der Waals surface area contributed by atoms with Crippen LogP contribution in [0.3, 0.4) is 0 Å². The van der Waals surface area contributed by atoms with Crippen LogP contribution >= 0.6 is 27.5 Å². The fourth-order valence-electron chi connectivity index (χ4n) is 2.34. The molecule has 0 saturated heterocycles. The van der Waals surface area contributed by atoms with Gasteiger partial charge in [0.2, 0.25) is 0 Å². The highest BCUT2D eigenvalue weighted by molar-refractivity contribution is 9.10. The van der Waals surface area contributed by atoms with Gasteiger partial charge in [-0.2, -0.15) is 0 Å². The number of aromatic amines is 1. The number of aryl methyl sites for hydroxylation is 2. The molecule has 0 aliphatic carbocycles. The topological polar surface area (TPSA) is 28.7 Å². The van der Waals surface area contributed by atoms with Crippen molar-refractivity contribution in [3.05, 3.63) is 51.1 Å². The minimum atomic E-state index is 0.752. The molecule has 2 heterocycles. The predicted octanol–water partition coefficient (Wildman–Crippen LogP) is 5.26. The number of pyridine rings is 1. The zero-order valence-electron chi connectivity index (χ0n) is 10.6. The number of halogens is 2. The van der Waals surface area contributed by atoms with Crippen LogP contribution in [0.5, 0.6) is 0 Å². The van der Waals surface area contributed by atoms with Gasteiger partial charge in [0, 0.05) is 26.6 Å². The first-order valence-corrected chi connectivity index (χ1v) is 7.13. The lowest BCUT2D eigenvalue weighted by Crippen LogP contribution is -1.90. The molecule has 1 aromatic carbocycles. The van der Waals surface area contributed by atoms with Gasteiger partial charge in [-0.3, -0.25) is 4.98 Å². The summed E-state index contributed by atoms with van der Waals surface area (Å²) in [7, 11) is 0. The second-order valence-corrected chi connectivity index (χ2v) is 5.99. The number of hydrogen-bond acceptors (Lipinski definition) is 1. The Kier molecular flexibility index (Phi) is 3.11. The van der Waals surface area contributed by atoms with Crippen molar-refractivity contribution in [2.45, 2.75) is 13.8 Å². The Labute approximate surface area is 124 Å². The van der Waals surface area contributed by atoms with Gasteiger partial charge in [0.15, 0.2) is 0 Å². The molecule has 0 saturated carbocycles. The van der Waals surface area contributed by atoms with Crippen LogP contribution in [0.15, 0.2) is 34.9 Å². The van der Waals surface area contributed by atoms with E-state index in [1.165, 1.54) is 5.56 Å². The average Bonchev–Trinajstić information content (AvgIpc) is 2.67. The third kappa shape index (κ3) is 2.17. The SMILES string of the molecule is Cc1cc(Br)cnc1-c1[nH]c2ccc(Cl)cc2c1C. The largest absolute Gasteiger partial charge is 0.353 e. The van der Waals surface area contributed by atoms with Crippen LogP contribution in [0, 0.1) is 13.8 Å². The zero-order chi connectivity index (χ0) is 13.6. The summed E-state index contributed by atoms with van der Waals surface area (Å²) in [5.41, 5.74) is 5.43. The van der Waals surface area contributed by atoms with Gasteiger partial charge in [-0.05, 0) is 65.2 Å². The van der Waals surface area contributed by atoms with E-state index < -0.39 is 0 Å². The molecule has 0 aliphatic heterocycles. The molecule has 19 heavy (non-hydrogen) atoms. The highest BCUT2D eigenvalue weighted by Gasteiger charge is 2.13. The maximum Gasteiger partial charge on any atom is 0.0897 e. The summed E-state index contributed by atoms with van der Waals surface area (Å²) in [6.45, 7) is 4.15. The molecular weight excluding hydrogens is 324 g/mol.